The third-order valence-corrected chi connectivity index (χ3v) is 4.45. The normalized spacial score (nSPS) is 13.3. The second-order valence-electron chi connectivity index (χ2n) is 4.34. The van der Waals surface area contributed by atoms with Gasteiger partial charge in [0.05, 0.1) is 25.4 Å². The number of carbonyl (C=O) groups is 1. The quantitative estimate of drug-likeness (QED) is 0.630. The van der Waals surface area contributed by atoms with Crippen LogP contribution in [0.15, 0.2) is 30.3 Å². The van der Waals surface area contributed by atoms with Crippen molar-refractivity contribution in [3.63, 3.8) is 0 Å². The molecule has 1 amide bonds. The van der Waals surface area contributed by atoms with E-state index >= 15 is 0 Å². The van der Waals surface area contributed by atoms with Crippen molar-refractivity contribution in [3.05, 3.63) is 55.2 Å². The van der Waals surface area contributed by atoms with Gasteiger partial charge < -0.3 is 4.90 Å². The molecule has 0 unspecified atom stereocenters. The highest BCUT2D eigenvalue weighted by Crippen LogP contribution is 2.36. The van der Waals surface area contributed by atoms with Crippen molar-refractivity contribution in [1.29, 1.82) is 0 Å². The molecule has 0 saturated heterocycles. The van der Waals surface area contributed by atoms with Crippen LogP contribution in [0.1, 0.15) is 15.2 Å². The minimum atomic E-state index is -0.408. The first-order valence-corrected chi connectivity index (χ1v) is 7.11. The van der Waals surface area contributed by atoms with E-state index in [2.05, 4.69) is 0 Å². The van der Waals surface area contributed by atoms with Crippen molar-refractivity contribution in [1.82, 2.24) is 0 Å². The van der Waals surface area contributed by atoms with Crippen LogP contribution >= 0.6 is 22.9 Å². The maximum Gasteiger partial charge on any atom is 0.274 e. The fourth-order valence-corrected chi connectivity index (χ4v) is 3.35. The maximum absolute atomic E-state index is 12.4. The van der Waals surface area contributed by atoms with Gasteiger partial charge in [-0.05, 0) is 24.6 Å². The Labute approximate surface area is 123 Å². The highest BCUT2D eigenvalue weighted by Gasteiger charge is 2.31. The monoisotopic (exact) mass is 308 g/mol. The minimum Gasteiger partial charge on any atom is -0.307 e. The summed E-state index contributed by atoms with van der Waals surface area (Å²) >= 11 is 7.04. The number of nitrogens with zero attached hydrogens (tertiary/aromatic N) is 2. The van der Waals surface area contributed by atoms with Crippen LogP contribution in [0.3, 0.4) is 0 Å². The van der Waals surface area contributed by atoms with Crippen LogP contribution in [0.25, 0.3) is 0 Å². The molecule has 2 heterocycles. The predicted octanol–water partition coefficient (Wildman–Crippen LogP) is 3.51. The molecule has 1 aromatic carbocycles. The zero-order valence-electron chi connectivity index (χ0n) is 10.2. The lowest BCUT2D eigenvalue weighted by molar-refractivity contribution is -0.385. The number of thiophene rings is 1. The van der Waals surface area contributed by atoms with Crippen molar-refractivity contribution in [2.75, 3.05) is 11.4 Å². The number of halogens is 1. The van der Waals surface area contributed by atoms with E-state index in [1.807, 2.05) is 0 Å². The number of rotatable bonds is 2. The molecule has 0 fully saturated rings. The Hall–Kier alpha value is -1.92. The summed E-state index contributed by atoms with van der Waals surface area (Å²) in [6, 6.07) is 8.15. The van der Waals surface area contributed by atoms with E-state index in [0.717, 1.165) is 0 Å². The summed E-state index contributed by atoms with van der Waals surface area (Å²) in [6.07, 6.45) is 0.497. The standard InChI is InChI=1S/C13H9ClN2O3S/c14-12-5-4-11(20-12)13(17)15-7-6-8-9(15)2-1-3-10(8)16(18)19/h1-5H,6-7H2. The predicted molar refractivity (Wildman–Crippen MR) is 77.8 cm³/mol. The van der Waals surface area contributed by atoms with Crippen molar-refractivity contribution in [2.24, 2.45) is 0 Å². The summed E-state index contributed by atoms with van der Waals surface area (Å²) in [4.78, 5) is 25.1. The number of amides is 1. The van der Waals surface area contributed by atoms with Gasteiger partial charge >= 0.3 is 0 Å². The van der Waals surface area contributed by atoms with Crippen LogP contribution in [0.2, 0.25) is 4.34 Å². The lowest BCUT2D eigenvalue weighted by atomic mass is 10.1. The average Bonchev–Trinajstić information content (AvgIpc) is 3.03. The molecule has 3 rings (SSSR count). The third-order valence-electron chi connectivity index (χ3n) is 3.23. The summed E-state index contributed by atoms with van der Waals surface area (Å²) in [6.45, 7) is 0.453. The maximum atomic E-state index is 12.4. The van der Waals surface area contributed by atoms with Crippen LogP contribution in [0.5, 0.6) is 0 Å². The molecule has 0 N–H and O–H groups in total. The molecule has 0 radical (unpaired) electrons. The van der Waals surface area contributed by atoms with Crippen LogP contribution in [0, 0.1) is 10.1 Å². The van der Waals surface area contributed by atoms with Gasteiger partial charge in [-0.15, -0.1) is 11.3 Å². The average molecular weight is 309 g/mol. The van der Waals surface area contributed by atoms with Gasteiger partial charge in [-0.25, -0.2) is 0 Å². The fraction of sp³-hybridized carbons (Fsp3) is 0.154. The fourth-order valence-electron chi connectivity index (χ4n) is 2.36. The smallest absolute Gasteiger partial charge is 0.274 e. The lowest BCUT2D eigenvalue weighted by Crippen LogP contribution is -2.28. The Morgan fingerprint density at radius 1 is 1.35 bits per heavy atom. The summed E-state index contributed by atoms with van der Waals surface area (Å²) in [5, 5.41) is 11.0. The van der Waals surface area contributed by atoms with E-state index in [4.69, 9.17) is 11.6 Å². The highest BCUT2D eigenvalue weighted by molar-refractivity contribution is 7.18. The van der Waals surface area contributed by atoms with E-state index in [9.17, 15) is 14.9 Å². The Morgan fingerprint density at radius 3 is 2.80 bits per heavy atom. The first kappa shape index (κ1) is 13.1. The van der Waals surface area contributed by atoms with Crippen LogP contribution in [-0.2, 0) is 6.42 Å². The summed E-state index contributed by atoms with van der Waals surface area (Å²) in [5.41, 5.74) is 1.31. The van der Waals surface area contributed by atoms with Gasteiger partial charge in [0, 0.05) is 12.6 Å². The zero-order valence-corrected chi connectivity index (χ0v) is 11.8. The molecule has 1 aliphatic rings. The number of hydrogen-bond donors (Lipinski definition) is 0. The molecular formula is C13H9ClN2O3S. The number of nitro groups is 1. The zero-order chi connectivity index (χ0) is 14.3. The molecule has 1 aliphatic heterocycles. The first-order valence-electron chi connectivity index (χ1n) is 5.91. The highest BCUT2D eigenvalue weighted by atomic mass is 35.5. The number of fused-ring (bicyclic) bond motifs is 1. The third kappa shape index (κ3) is 2.07. The number of hydrogen-bond acceptors (Lipinski definition) is 4. The molecule has 20 heavy (non-hydrogen) atoms. The number of nitro benzene ring substituents is 1. The molecule has 1 aromatic heterocycles. The first-order chi connectivity index (χ1) is 9.58. The van der Waals surface area contributed by atoms with Gasteiger partial charge in [0.25, 0.3) is 11.6 Å². The van der Waals surface area contributed by atoms with E-state index < -0.39 is 4.92 Å². The number of benzene rings is 1. The Morgan fingerprint density at radius 2 is 2.15 bits per heavy atom. The van der Waals surface area contributed by atoms with E-state index in [1.54, 1.807) is 29.2 Å². The lowest BCUT2D eigenvalue weighted by Gasteiger charge is -2.15. The second kappa shape index (κ2) is 4.88. The largest absolute Gasteiger partial charge is 0.307 e. The van der Waals surface area contributed by atoms with Gasteiger partial charge in [-0.2, -0.15) is 0 Å². The van der Waals surface area contributed by atoms with E-state index in [-0.39, 0.29) is 11.6 Å². The molecule has 102 valence electrons. The molecule has 5 nitrogen and oxygen atoms in total. The van der Waals surface area contributed by atoms with E-state index in [0.29, 0.717) is 33.4 Å². The molecule has 0 aliphatic carbocycles. The van der Waals surface area contributed by atoms with Gasteiger partial charge in [0.15, 0.2) is 0 Å². The SMILES string of the molecule is O=C(c1ccc(Cl)s1)N1CCc2c1cccc2[N+](=O)[O-]. The van der Waals surface area contributed by atoms with Crippen molar-refractivity contribution in [2.45, 2.75) is 6.42 Å². The van der Waals surface area contributed by atoms with Crippen molar-refractivity contribution in [3.8, 4) is 0 Å². The summed E-state index contributed by atoms with van der Waals surface area (Å²) in [7, 11) is 0. The Kier molecular flexibility index (Phi) is 3.19. The molecule has 0 atom stereocenters. The van der Waals surface area contributed by atoms with Crippen LogP contribution in [0.4, 0.5) is 11.4 Å². The molecule has 2 aromatic rings. The minimum absolute atomic E-state index is 0.0713. The molecular weight excluding hydrogens is 300 g/mol. The van der Waals surface area contributed by atoms with Crippen molar-refractivity contribution >= 4 is 40.2 Å². The van der Waals surface area contributed by atoms with Crippen molar-refractivity contribution < 1.29 is 9.72 Å². The van der Waals surface area contributed by atoms with Crippen LogP contribution < -0.4 is 4.90 Å². The van der Waals surface area contributed by atoms with Gasteiger partial charge in [0.2, 0.25) is 0 Å². The topological polar surface area (TPSA) is 63.5 Å². The van der Waals surface area contributed by atoms with Gasteiger partial charge in [-0.3, -0.25) is 14.9 Å². The molecule has 7 heteroatoms. The molecule has 0 saturated carbocycles. The Bertz CT molecular complexity index is 713. The van der Waals surface area contributed by atoms with Crippen LogP contribution in [-0.4, -0.2) is 17.4 Å². The number of anilines is 1. The second-order valence-corrected chi connectivity index (χ2v) is 6.06. The summed E-state index contributed by atoms with van der Waals surface area (Å²) in [5.74, 6) is -0.166. The molecule has 0 spiro atoms. The Balaban J connectivity index is 1.99. The number of carbonyl (C=O) groups excluding carboxylic acids is 1. The molecule has 0 bridgehead atoms. The van der Waals surface area contributed by atoms with Gasteiger partial charge in [0.1, 0.15) is 0 Å². The van der Waals surface area contributed by atoms with E-state index in [1.165, 1.54) is 17.4 Å². The summed E-state index contributed by atoms with van der Waals surface area (Å²) < 4.78 is 0.548. The van der Waals surface area contributed by atoms with Gasteiger partial charge in [-0.1, -0.05) is 17.7 Å².